The Kier molecular flexibility index (Phi) is 4.44. The number of hydrogen-bond acceptors (Lipinski definition) is 1. The number of hydrogen-bond donors (Lipinski definition) is 0. The average Bonchev–Trinajstić information content (AvgIpc) is 2.87. The van der Waals surface area contributed by atoms with Crippen LogP contribution < -0.4 is 0 Å². The number of rotatable bonds is 4. The molecule has 0 amide bonds. The normalized spacial score (nSPS) is 24.5. The van der Waals surface area contributed by atoms with E-state index in [-0.39, 0.29) is 0 Å². The number of fused-ring (bicyclic) bond motifs is 5. The molecule has 2 aliphatic heterocycles. The Balaban J connectivity index is 2.24. The summed E-state index contributed by atoms with van der Waals surface area (Å²) < 4.78 is 1.49. The molecular formula is C20H30BrNSi. The Labute approximate surface area is 151 Å². The van der Waals surface area contributed by atoms with Crippen molar-refractivity contribution in [2.45, 2.75) is 70.2 Å². The van der Waals surface area contributed by atoms with Gasteiger partial charge in [-0.1, -0.05) is 81.7 Å². The Bertz CT molecular complexity index is 625. The highest BCUT2D eigenvalue weighted by atomic mass is 79.9. The zero-order chi connectivity index (χ0) is 17.1. The number of halogens is 1. The largest absolute Gasteiger partial charge is 0.284 e. The van der Waals surface area contributed by atoms with Crippen LogP contribution in [0, 0.1) is 0 Å². The van der Waals surface area contributed by atoms with Crippen LogP contribution in [0.1, 0.15) is 64.8 Å². The molecule has 2 atom stereocenters. The average molecular weight is 392 g/mol. The van der Waals surface area contributed by atoms with Crippen LogP contribution in [0.2, 0.25) is 16.6 Å². The fourth-order valence-electron chi connectivity index (χ4n) is 5.93. The molecule has 3 heteroatoms. The minimum absolute atomic E-state index is 0.439. The summed E-state index contributed by atoms with van der Waals surface area (Å²) in [6.45, 7) is 14.8. The van der Waals surface area contributed by atoms with Gasteiger partial charge in [-0.15, -0.1) is 0 Å². The summed E-state index contributed by atoms with van der Waals surface area (Å²) >= 11 is 4.09. The maximum Gasteiger partial charge on any atom is 0.0927 e. The van der Waals surface area contributed by atoms with Crippen LogP contribution >= 0.6 is 15.9 Å². The van der Waals surface area contributed by atoms with Crippen molar-refractivity contribution in [3.8, 4) is 0 Å². The summed E-state index contributed by atoms with van der Waals surface area (Å²) in [5.41, 5.74) is 5.33. The van der Waals surface area contributed by atoms with Crippen molar-refractivity contribution in [1.82, 2.24) is 4.90 Å². The standard InChI is InChI=1S/C20H30BrNSi/c1-12(2)23(13(3)4,14(5)6)20-17(21)18-15-10-8-9-11-16(15)19(20)22(18)7/h8-14,18-19H,1-7H3. The molecule has 3 rings (SSSR count). The van der Waals surface area contributed by atoms with Gasteiger partial charge in [-0.3, -0.25) is 4.90 Å². The molecular weight excluding hydrogens is 362 g/mol. The van der Waals surface area contributed by atoms with E-state index in [2.05, 4.69) is 93.7 Å². The molecule has 23 heavy (non-hydrogen) atoms. The lowest BCUT2D eigenvalue weighted by atomic mass is 9.97. The first kappa shape index (κ1) is 17.4. The minimum Gasteiger partial charge on any atom is -0.284 e. The van der Waals surface area contributed by atoms with Crippen LogP contribution in [-0.4, -0.2) is 20.0 Å². The van der Waals surface area contributed by atoms with Gasteiger partial charge in [0, 0.05) is 4.48 Å². The second-order valence-corrected chi connectivity index (χ2v) is 15.0. The molecule has 0 N–H and O–H groups in total. The quantitative estimate of drug-likeness (QED) is 0.522. The first-order chi connectivity index (χ1) is 10.8. The lowest BCUT2D eigenvalue weighted by Crippen LogP contribution is -2.49. The van der Waals surface area contributed by atoms with Crippen molar-refractivity contribution in [3.05, 3.63) is 45.1 Å². The fourth-order valence-corrected chi connectivity index (χ4v) is 15.0. The Morgan fingerprint density at radius 3 is 1.74 bits per heavy atom. The number of benzene rings is 1. The summed E-state index contributed by atoms with van der Waals surface area (Å²) in [6, 6.07) is 10.0. The van der Waals surface area contributed by atoms with Crippen LogP contribution in [-0.2, 0) is 0 Å². The van der Waals surface area contributed by atoms with Gasteiger partial charge >= 0.3 is 0 Å². The van der Waals surface area contributed by atoms with Crippen LogP contribution in [0.4, 0.5) is 0 Å². The highest BCUT2D eigenvalue weighted by molar-refractivity contribution is 9.11. The molecule has 0 radical (unpaired) electrons. The van der Waals surface area contributed by atoms with Gasteiger partial charge in [-0.05, 0) is 40.0 Å². The maximum absolute atomic E-state index is 4.09. The molecule has 1 aromatic rings. The topological polar surface area (TPSA) is 3.24 Å². The van der Waals surface area contributed by atoms with E-state index >= 15 is 0 Å². The molecule has 0 aromatic heterocycles. The molecule has 1 nitrogen and oxygen atoms in total. The summed E-state index contributed by atoms with van der Waals surface area (Å²) in [7, 11) is 0.679. The summed E-state index contributed by atoms with van der Waals surface area (Å²) in [4.78, 5) is 2.60. The first-order valence-corrected chi connectivity index (χ1v) is 12.0. The van der Waals surface area contributed by atoms with Gasteiger partial charge in [0.25, 0.3) is 0 Å². The molecule has 0 saturated heterocycles. The smallest absolute Gasteiger partial charge is 0.0927 e. The van der Waals surface area contributed by atoms with Crippen molar-refractivity contribution < 1.29 is 0 Å². The van der Waals surface area contributed by atoms with Crippen molar-refractivity contribution >= 4 is 24.0 Å². The van der Waals surface area contributed by atoms with Gasteiger partial charge in [0.15, 0.2) is 0 Å². The van der Waals surface area contributed by atoms with Crippen LogP contribution in [0.15, 0.2) is 33.9 Å². The van der Waals surface area contributed by atoms with Gasteiger partial charge in [-0.25, -0.2) is 0 Å². The molecule has 2 heterocycles. The number of likely N-dealkylation sites (N-methyl/N-ethyl adjacent to an activating group) is 1. The predicted molar refractivity (Wildman–Crippen MR) is 107 cm³/mol. The highest BCUT2D eigenvalue weighted by Crippen LogP contribution is 2.63. The second kappa shape index (κ2) is 5.85. The van der Waals surface area contributed by atoms with Gasteiger partial charge in [-0.2, -0.15) is 0 Å². The Hall–Kier alpha value is -0.383. The molecule has 126 valence electrons. The molecule has 2 aliphatic rings. The zero-order valence-corrected chi connectivity index (χ0v) is 18.1. The molecule has 0 aliphatic carbocycles. The third kappa shape index (κ3) is 2.12. The van der Waals surface area contributed by atoms with Crippen LogP contribution in [0.3, 0.4) is 0 Å². The molecule has 0 fully saturated rings. The van der Waals surface area contributed by atoms with Gasteiger partial charge in [0.1, 0.15) is 0 Å². The highest BCUT2D eigenvalue weighted by Gasteiger charge is 2.57. The summed E-state index contributed by atoms with van der Waals surface area (Å²) in [5.74, 6) is 0. The summed E-state index contributed by atoms with van der Waals surface area (Å²) in [6.07, 6.45) is 0. The van der Waals surface area contributed by atoms with Crippen molar-refractivity contribution in [1.29, 1.82) is 0 Å². The van der Waals surface area contributed by atoms with E-state index in [9.17, 15) is 0 Å². The predicted octanol–water partition coefficient (Wildman–Crippen LogP) is 6.59. The second-order valence-electron chi connectivity index (χ2n) is 8.26. The van der Waals surface area contributed by atoms with E-state index in [4.69, 9.17) is 0 Å². The van der Waals surface area contributed by atoms with Crippen molar-refractivity contribution in [3.63, 3.8) is 0 Å². The molecule has 1 aromatic carbocycles. The SMILES string of the molecule is CC(C)[Si](C1=C(Br)C2c3ccccc3C1N2C)(C(C)C)C(C)C. The van der Waals surface area contributed by atoms with E-state index in [0.717, 1.165) is 16.6 Å². The molecule has 0 spiro atoms. The van der Waals surface area contributed by atoms with E-state index in [0.29, 0.717) is 12.1 Å². The lowest BCUT2D eigenvalue weighted by Gasteiger charge is -2.47. The van der Waals surface area contributed by atoms with Gasteiger partial charge in [0.05, 0.1) is 20.2 Å². The third-order valence-electron chi connectivity index (χ3n) is 6.50. The lowest BCUT2D eigenvalue weighted by molar-refractivity contribution is 0.295. The number of nitrogens with zero attached hydrogens (tertiary/aromatic N) is 1. The van der Waals surface area contributed by atoms with Crippen LogP contribution in [0.25, 0.3) is 0 Å². The Morgan fingerprint density at radius 1 is 0.870 bits per heavy atom. The van der Waals surface area contributed by atoms with Gasteiger partial charge in [0.2, 0.25) is 0 Å². The fraction of sp³-hybridized carbons (Fsp3) is 0.600. The monoisotopic (exact) mass is 391 g/mol. The van der Waals surface area contributed by atoms with E-state index in [1.807, 2.05) is 0 Å². The molecule has 2 bridgehead atoms. The van der Waals surface area contributed by atoms with Crippen molar-refractivity contribution in [2.75, 3.05) is 7.05 Å². The molecule has 2 unspecified atom stereocenters. The van der Waals surface area contributed by atoms with Crippen molar-refractivity contribution in [2.24, 2.45) is 0 Å². The summed E-state index contributed by atoms with van der Waals surface area (Å²) in [5, 5.41) is 1.78. The Morgan fingerprint density at radius 2 is 1.30 bits per heavy atom. The first-order valence-electron chi connectivity index (χ1n) is 8.96. The van der Waals surface area contributed by atoms with E-state index < -0.39 is 8.07 Å². The van der Waals surface area contributed by atoms with E-state index in [1.165, 1.54) is 10.0 Å². The molecule has 0 saturated carbocycles. The third-order valence-corrected chi connectivity index (χ3v) is 14.9. The minimum atomic E-state index is -1.63. The van der Waals surface area contributed by atoms with Gasteiger partial charge < -0.3 is 0 Å². The van der Waals surface area contributed by atoms with Crippen LogP contribution in [0.5, 0.6) is 0 Å². The van der Waals surface area contributed by atoms with E-state index in [1.54, 1.807) is 10.8 Å². The zero-order valence-electron chi connectivity index (χ0n) is 15.5. The maximum atomic E-state index is 4.09.